The fraction of sp³-hybridized carbons (Fsp3) is 0.0952. The molecule has 0 atom stereocenters. The van der Waals surface area contributed by atoms with Crippen LogP contribution in [0.25, 0.3) is 0 Å². The molecule has 0 aliphatic heterocycles. The lowest BCUT2D eigenvalue weighted by Crippen LogP contribution is -2.14. The summed E-state index contributed by atoms with van der Waals surface area (Å²) >= 11 is 15.2. The maximum atomic E-state index is 12.4. The largest absolute Gasteiger partial charge is 0.324 e. The molecule has 0 aliphatic rings. The van der Waals surface area contributed by atoms with Crippen LogP contribution in [0.1, 0.15) is 5.56 Å². The van der Waals surface area contributed by atoms with E-state index in [1.54, 1.807) is 17.8 Å². The maximum Gasteiger partial charge on any atom is 0.234 e. The van der Waals surface area contributed by atoms with Crippen LogP contribution in [-0.4, -0.2) is 11.7 Å². The topological polar surface area (TPSA) is 29.1 Å². The zero-order valence-electron chi connectivity index (χ0n) is 14.3. The van der Waals surface area contributed by atoms with Crippen LogP contribution in [0, 0.1) is 0 Å². The highest BCUT2D eigenvalue weighted by Gasteiger charge is 2.09. The van der Waals surface area contributed by atoms with Gasteiger partial charge in [-0.1, -0.05) is 53.5 Å². The molecule has 2 nitrogen and oxygen atoms in total. The number of anilines is 1. The van der Waals surface area contributed by atoms with Gasteiger partial charge in [0.1, 0.15) is 0 Å². The first-order valence-electron chi connectivity index (χ1n) is 8.24. The molecule has 0 spiro atoms. The van der Waals surface area contributed by atoms with Gasteiger partial charge in [0.25, 0.3) is 0 Å². The van der Waals surface area contributed by atoms with E-state index in [-0.39, 0.29) is 5.91 Å². The van der Waals surface area contributed by atoms with Crippen molar-refractivity contribution in [3.05, 3.63) is 88.4 Å². The third-order valence-electron chi connectivity index (χ3n) is 3.64. The number of hydrogen-bond acceptors (Lipinski definition) is 3. The molecule has 0 bridgehead atoms. The van der Waals surface area contributed by atoms with Gasteiger partial charge in [-0.15, -0.1) is 23.5 Å². The number of carbonyl (C=O) groups is 1. The molecule has 0 saturated heterocycles. The third-order valence-corrected chi connectivity index (χ3v) is 6.26. The van der Waals surface area contributed by atoms with Gasteiger partial charge in [0, 0.05) is 25.6 Å². The highest BCUT2D eigenvalue weighted by molar-refractivity contribution is 8.00. The molecule has 3 aromatic carbocycles. The van der Waals surface area contributed by atoms with Gasteiger partial charge in [0.2, 0.25) is 5.91 Å². The van der Waals surface area contributed by atoms with Crippen LogP contribution in [0.4, 0.5) is 5.69 Å². The van der Waals surface area contributed by atoms with Crippen LogP contribution < -0.4 is 5.32 Å². The number of nitrogens with one attached hydrogen (secondary N) is 1. The number of benzene rings is 3. The summed E-state index contributed by atoms with van der Waals surface area (Å²) in [4.78, 5) is 14.3. The van der Waals surface area contributed by atoms with Crippen LogP contribution in [0.2, 0.25) is 10.0 Å². The smallest absolute Gasteiger partial charge is 0.234 e. The second-order valence-electron chi connectivity index (χ2n) is 5.71. The number of carbonyl (C=O) groups excluding carboxylic acids is 1. The average molecular weight is 434 g/mol. The lowest BCUT2D eigenvalue weighted by Gasteiger charge is -2.11. The van der Waals surface area contributed by atoms with Crippen molar-refractivity contribution in [3.63, 3.8) is 0 Å². The molecule has 0 radical (unpaired) electrons. The molecule has 0 heterocycles. The van der Waals surface area contributed by atoms with Crippen molar-refractivity contribution in [3.8, 4) is 0 Å². The molecule has 0 aliphatic carbocycles. The molecule has 0 unspecified atom stereocenters. The van der Waals surface area contributed by atoms with Crippen molar-refractivity contribution in [1.29, 1.82) is 0 Å². The van der Waals surface area contributed by atoms with Crippen LogP contribution in [0.5, 0.6) is 0 Å². The molecule has 6 heteroatoms. The van der Waals surface area contributed by atoms with Gasteiger partial charge in [-0.2, -0.15) is 0 Å². The van der Waals surface area contributed by atoms with E-state index in [9.17, 15) is 4.79 Å². The zero-order chi connectivity index (χ0) is 19.1. The Morgan fingerprint density at radius 1 is 0.852 bits per heavy atom. The molecule has 0 saturated carbocycles. The zero-order valence-corrected chi connectivity index (χ0v) is 17.5. The minimum Gasteiger partial charge on any atom is -0.324 e. The lowest BCUT2D eigenvalue weighted by atomic mass is 10.2. The van der Waals surface area contributed by atoms with Crippen LogP contribution in [-0.2, 0) is 10.5 Å². The Morgan fingerprint density at radius 2 is 1.56 bits per heavy atom. The molecule has 3 rings (SSSR count). The summed E-state index contributed by atoms with van der Waals surface area (Å²) in [6.07, 6.45) is 0. The van der Waals surface area contributed by atoms with Crippen LogP contribution in [0.15, 0.2) is 82.6 Å². The van der Waals surface area contributed by atoms with E-state index < -0.39 is 0 Å². The molecule has 1 N–H and O–H groups in total. The fourth-order valence-electron chi connectivity index (χ4n) is 2.32. The summed E-state index contributed by atoms with van der Waals surface area (Å²) in [5.41, 5.74) is 2.00. The van der Waals surface area contributed by atoms with Crippen molar-refractivity contribution < 1.29 is 4.79 Å². The van der Waals surface area contributed by atoms with E-state index in [0.717, 1.165) is 21.2 Å². The first kappa shape index (κ1) is 20.2. The standard InChI is InChI=1S/C21H17Cl2NOS2/c22-16-6-9-18(10-7-16)26-14-21(25)24-19-11-8-17(23)12-20(19)27-13-15-4-2-1-3-5-15/h1-12H,13-14H2,(H,24,25). The van der Waals surface area contributed by atoms with Gasteiger partial charge >= 0.3 is 0 Å². The van der Waals surface area contributed by atoms with Crippen LogP contribution >= 0.6 is 46.7 Å². The normalized spacial score (nSPS) is 10.6. The van der Waals surface area contributed by atoms with Crippen molar-refractivity contribution in [1.82, 2.24) is 0 Å². The van der Waals surface area contributed by atoms with Gasteiger partial charge in [0.05, 0.1) is 11.4 Å². The predicted molar refractivity (Wildman–Crippen MR) is 118 cm³/mol. The van der Waals surface area contributed by atoms with Crippen molar-refractivity contribution in [2.24, 2.45) is 0 Å². The Bertz CT molecular complexity index is 902. The molecule has 3 aromatic rings. The van der Waals surface area contributed by atoms with E-state index in [1.807, 2.05) is 54.6 Å². The van der Waals surface area contributed by atoms with Gasteiger partial charge in [-0.05, 0) is 48.0 Å². The molecule has 0 fully saturated rings. The summed E-state index contributed by atoms with van der Waals surface area (Å²) in [6.45, 7) is 0. The average Bonchev–Trinajstić information content (AvgIpc) is 2.68. The summed E-state index contributed by atoms with van der Waals surface area (Å²) < 4.78 is 0. The van der Waals surface area contributed by atoms with Gasteiger partial charge < -0.3 is 5.32 Å². The number of halogens is 2. The van der Waals surface area contributed by atoms with Gasteiger partial charge in [-0.25, -0.2) is 0 Å². The quantitative estimate of drug-likeness (QED) is 0.405. The summed E-state index contributed by atoms with van der Waals surface area (Å²) in [6, 6.07) is 23.2. The first-order chi connectivity index (χ1) is 13.1. The molecule has 138 valence electrons. The molecule has 1 amide bonds. The van der Waals surface area contributed by atoms with E-state index >= 15 is 0 Å². The number of amides is 1. The highest BCUT2D eigenvalue weighted by Crippen LogP contribution is 2.32. The fourth-order valence-corrected chi connectivity index (χ4v) is 4.38. The minimum absolute atomic E-state index is 0.0566. The SMILES string of the molecule is O=C(CSc1ccc(Cl)cc1)Nc1ccc(Cl)cc1SCc1ccccc1. The predicted octanol–water partition coefficient (Wildman–Crippen LogP) is 7.02. The highest BCUT2D eigenvalue weighted by atomic mass is 35.5. The lowest BCUT2D eigenvalue weighted by molar-refractivity contribution is -0.113. The van der Waals surface area contributed by atoms with Gasteiger partial charge in [0.15, 0.2) is 0 Å². The molecular weight excluding hydrogens is 417 g/mol. The summed E-state index contributed by atoms with van der Waals surface area (Å²) in [7, 11) is 0. The van der Waals surface area contributed by atoms with Crippen LogP contribution in [0.3, 0.4) is 0 Å². The Hall–Kier alpha value is -1.59. The van der Waals surface area contributed by atoms with Crippen molar-refractivity contribution in [2.75, 3.05) is 11.1 Å². The summed E-state index contributed by atoms with van der Waals surface area (Å²) in [5.74, 6) is 1.08. The summed E-state index contributed by atoms with van der Waals surface area (Å²) in [5, 5.41) is 4.33. The maximum absolute atomic E-state index is 12.4. The molecule has 0 aromatic heterocycles. The monoisotopic (exact) mass is 433 g/mol. The van der Waals surface area contributed by atoms with E-state index in [0.29, 0.717) is 15.8 Å². The number of rotatable bonds is 7. The van der Waals surface area contributed by atoms with E-state index in [1.165, 1.54) is 17.3 Å². The molecule has 27 heavy (non-hydrogen) atoms. The van der Waals surface area contributed by atoms with Gasteiger partial charge in [-0.3, -0.25) is 4.79 Å². The minimum atomic E-state index is -0.0566. The Balaban J connectivity index is 1.61. The van der Waals surface area contributed by atoms with Crippen molar-refractivity contribution in [2.45, 2.75) is 15.5 Å². The Labute approximate surface area is 177 Å². The van der Waals surface area contributed by atoms with E-state index in [2.05, 4.69) is 17.4 Å². The van der Waals surface area contributed by atoms with Crippen molar-refractivity contribution >= 4 is 58.3 Å². The second-order valence-corrected chi connectivity index (χ2v) is 8.64. The Morgan fingerprint density at radius 3 is 2.30 bits per heavy atom. The number of thioether (sulfide) groups is 2. The second kappa shape index (κ2) is 10.1. The first-order valence-corrected chi connectivity index (χ1v) is 11.0. The number of hydrogen-bond donors (Lipinski definition) is 1. The molecular formula is C21H17Cl2NOS2. The third kappa shape index (κ3) is 6.51. The van der Waals surface area contributed by atoms with E-state index in [4.69, 9.17) is 23.2 Å². The Kier molecular flexibility index (Phi) is 7.53.